The Bertz CT molecular complexity index is 577. The molecule has 0 aromatic heterocycles. The number of benzene rings is 1. The molecule has 1 aliphatic rings. The lowest BCUT2D eigenvalue weighted by Gasteiger charge is -2.29. The summed E-state index contributed by atoms with van der Waals surface area (Å²) in [7, 11) is 3.17. The van der Waals surface area contributed by atoms with Crippen molar-refractivity contribution < 1.29 is 23.8 Å². The molecule has 0 aliphatic carbocycles. The lowest BCUT2D eigenvalue weighted by molar-refractivity contribution is -0.139. The van der Waals surface area contributed by atoms with Gasteiger partial charge in [0.25, 0.3) is 0 Å². The fourth-order valence-corrected chi connectivity index (χ4v) is 2.70. The van der Waals surface area contributed by atoms with Crippen molar-refractivity contribution >= 4 is 11.8 Å². The zero-order valence-electron chi connectivity index (χ0n) is 15.0. The van der Waals surface area contributed by atoms with E-state index in [-0.39, 0.29) is 18.2 Å². The lowest BCUT2D eigenvalue weighted by Crippen LogP contribution is -2.50. The predicted molar refractivity (Wildman–Crippen MR) is 92.9 cm³/mol. The van der Waals surface area contributed by atoms with Crippen LogP contribution in [-0.2, 0) is 20.7 Å². The number of carbonyl (C=O) groups excluding carboxylic acids is 2. The fraction of sp³-hybridized carbons (Fsp3) is 0.556. The molecule has 1 N–H and O–H groups in total. The van der Waals surface area contributed by atoms with Gasteiger partial charge in [-0.3, -0.25) is 9.59 Å². The van der Waals surface area contributed by atoms with Gasteiger partial charge in [0, 0.05) is 25.6 Å². The fourth-order valence-electron chi connectivity index (χ4n) is 2.70. The number of ether oxygens (including phenoxy) is 3. The second-order valence-corrected chi connectivity index (χ2v) is 5.95. The molecule has 2 rings (SSSR count). The Balaban J connectivity index is 1.84. The third kappa shape index (κ3) is 5.63. The van der Waals surface area contributed by atoms with Crippen LogP contribution in [0.1, 0.15) is 18.9 Å². The van der Waals surface area contributed by atoms with Crippen LogP contribution in [-0.4, -0.2) is 63.3 Å². The van der Waals surface area contributed by atoms with E-state index in [9.17, 15) is 9.59 Å². The molecule has 7 heteroatoms. The smallest absolute Gasteiger partial charge is 0.245 e. The summed E-state index contributed by atoms with van der Waals surface area (Å²) >= 11 is 0. The van der Waals surface area contributed by atoms with E-state index in [1.54, 1.807) is 32.1 Å². The van der Waals surface area contributed by atoms with Gasteiger partial charge in [-0.15, -0.1) is 0 Å². The molecule has 1 fully saturated rings. The number of carbonyl (C=O) groups is 2. The molecule has 1 aromatic rings. The Labute approximate surface area is 148 Å². The maximum Gasteiger partial charge on any atom is 0.245 e. The van der Waals surface area contributed by atoms with Crippen molar-refractivity contribution in [2.24, 2.45) is 0 Å². The van der Waals surface area contributed by atoms with Crippen LogP contribution < -0.4 is 14.8 Å². The molecule has 1 heterocycles. The van der Waals surface area contributed by atoms with Gasteiger partial charge >= 0.3 is 0 Å². The molecule has 2 amide bonds. The Kier molecular flexibility index (Phi) is 7.06. The van der Waals surface area contributed by atoms with Crippen molar-refractivity contribution in [3.8, 4) is 11.5 Å². The van der Waals surface area contributed by atoms with Crippen molar-refractivity contribution in [1.82, 2.24) is 10.2 Å². The van der Waals surface area contributed by atoms with Gasteiger partial charge in [0.15, 0.2) is 0 Å². The van der Waals surface area contributed by atoms with Crippen LogP contribution in [0, 0.1) is 0 Å². The van der Waals surface area contributed by atoms with Gasteiger partial charge in [0.05, 0.1) is 27.4 Å². The number of amides is 2. The minimum atomic E-state index is -0.537. The van der Waals surface area contributed by atoms with Gasteiger partial charge in [-0.1, -0.05) is 0 Å². The highest BCUT2D eigenvalue weighted by Gasteiger charge is 2.23. The summed E-state index contributed by atoms with van der Waals surface area (Å²) in [5, 5.41) is 2.77. The Hall–Kier alpha value is -2.28. The minimum absolute atomic E-state index is 0.0697. The molecule has 0 saturated carbocycles. The molecule has 0 bridgehead atoms. The van der Waals surface area contributed by atoms with Gasteiger partial charge in [0.1, 0.15) is 17.5 Å². The van der Waals surface area contributed by atoms with Crippen molar-refractivity contribution in [3.63, 3.8) is 0 Å². The van der Waals surface area contributed by atoms with E-state index in [0.717, 1.165) is 5.56 Å². The van der Waals surface area contributed by atoms with E-state index < -0.39 is 6.04 Å². The topological polar surface area (TPSA) is 77.1 Å². The van der Waals surface area contributed by atoms with Gasteiger partial charge < -0.3 is 24.4 Å². The number of methoxy groups -OCH3 is 2. The van der Waals surface area contributed by atoms with Gasteiger partial charge in [0.2, 0.25) is 11.8 Å². The van der Waals surface area contributed by atoms with E-state index in [2.05, 4.69) is 5.32 Å². The Morgan fingerprint density at radius 2 is 1.76 bits per heavy atom. The molecular weight excluding hydrogens is 324 g/mol. The summed E-state index contributed by atoms with van der Waals surface area (Å²) in [4.78, 5) is 26.2. The number of rotatable bonds is 7. The second-order valence-electron chi connectivity index (χ2n) is 5.95. The first kappa shape index (κ1) is 19.1. The lowest BCUT2D eigenvalue weighted by atomic mass is 10.1. The molecule has 1 atom stereocenters. The highest BCUT2D eigenvalue weighted by atomic mass is 16.5. The third-order valence-corrected chi connectivity index (χ3v) is 4.12. The summed E-state index contributed by atoms with van der Waals surface area (Å²) in [6.45, 7) is 3.95. The van der Waals surface area contributed by atoms with E-state index in [0.29, 0.717) is 44.2 Å². The standard InChI is InChI=1S/C18H26N2O5/c1-13(18(22)20-6-8-25-9-7-20)19-17(21)5-4-14-10-15(23-2)12-16(11-14)24-3/h10-13H,4-9H2,1-3H3,(H,19,21)/t13-/m1/s1. The number of morpholine rings is 1. The van der Waals surface area contributed by atoms with Gasteiger partial charge in [-0.2, -0.15) is 0 Å². The highest BCUT2D eigenvalue weighted by molar-refractivity contribution is 5.87. The van der Waals surface area contributed by atoms with Crippen molar-refractivity contribution in [3.05, 3.63) is 23.8 Å². The first-order chi connectivity index (χ1) is 12.0. The summed E-state index contributed by atoms with van der Waals surface area (Å²) in [6, 6.07) is 4.99. The van der Waals surface area contributed by atoms with Gasteiger partial charge in [-0.05, 0) is 31.0 Å². The van der Waals surface area contributed by atoms with Crippen molar-refractivity contribution in [2.45, 2.75) is 25.8 Å². The summed E-state index contributed by atoms with van der Waals surface area (Å²) < 4.78 is 15.7. The first-order valence-corrected chi connectivity index (χ1v) is 8.41. The normalized spacial score (nSPS) is 15.4. The van der Waals surface area contributed by atoms with Crippen molar-refractivity contribution in [2.75, 3.05) is 40.5 Å². The van der Waals surface area contributed by atoms with Crippen LogP contribution in [0.2, 0.25) is 0 Å². The number of hydrogen-bond acceptors (Lipinski definition) is 5. The maximum atomic E-state index is 12.3. The number of aryl methyl sites for hydroxylation is 1. The largest absolute Gasteiger partial charge is 0.497 e. The van der Waals surface area contributed by atoms with Crippen LogP contribution in [0.15, 0.2) is 18.2 Å². The van der Waals surface area contributed by atoms with Crippen LogP contribution in [0.25, 0.3) is 0 Å². The van der Waals surface area contributed by atoms with Crippen LogP contribution in [0.4, 0.5) is 0 Å². The third-order valence-electron chi connectivity index (χ3n) is 4.12. The molecule has 7 nitrogen and oxygen atoms in total. The summed E-state index contributed by atoms with van der Waals surface area (Å²) in [5.41, 5.74) is 0.943. The van der Waals surface area contributed by atoms with E-state index in [1.165, 1.54) is 0 Å². The van der Waals surface area contributed by atoms with Crippen LogP contribution in [0.3, 0.4) is 0 Å². The molecule has 138 valence electrons. The average Bonchev–Trinajstić information content (AvgIpc) is 2.66. The molecule has 0 unspecified atom stereocenters. The zero-order valence-corrected chi connectivity index (χ0v) is 15.0. The molecular formula is C18H26N2O5. The number of nitrogens with one attached hydrogen (secondary N) is 1. The second kappa shape index (κ2) is 9.27. The van der Waals surface area contributed by atoms with E-state index in [1.807, 2.05) is 12.1 Å². The van der Waals surface area contributed by atoms with Crippen LogP contribution >= 0.6 is 0 Å². The quantitative estimate of drug-likeness (QED) is 0.794. The molecule has 1 aromatic carbocycles. The first-order valence-electron chi connectivity index (χ1n) is 8.41. The SMILES string of the molecule is COc1cc(CCC(=O)N[C@H](C)C(=O)N2CCOCC2)cc(OC)c1. The zero-order chi connectivity index (χ0) is 18.2. The van der Waals surface area contributed by atoms with E-state index in [4.69, 9.17) is 14.2 Å². The predicted octanol–water partition coefficient (Wildman–Crippen LogP) is 1.000. The summed E-state index contributed by atoms with van der Waals surface area (Å²) in [6.07, 6.45) is 0.828. The Morgan fingerprint density at radius 1 is 1.16 bits per heavy atom. The van der Waals surface area contributed by atoms with E-state index >= 15 is 0 Å². The van der Waals surface area contributed by atoms with Crippen LogP contribution in [0.5, 0.6) is 11.5 Å². The molecule has 1 aliphatic heterocycles. The summed E-state index contributed by atoms with van der Waals surface area (Å²) in [5.74, 6) is 1.15. The minimum Gasteiger partial charge on any atom is -0.497 e. The molecule has 25 heavy (non-hydrogen) atoms. The molecule has 1 saturated heterocycles. The molecule has 0 radical (unpaired) electrons. The van der Waals surface area contributed by atoms with Crippen molar-refractivity contribution in [1.29, 1.82) is 0 Å². The average molecular weight is 350 g/mol. The van der Waals surface area contributed by atoms with Gasteiger partial charge in [-0.25, -0.2) is 0 Å². The highest BCUT2D eigenvalue weighted by Crippen LogP contribution is 2.23. The number of nitrogens with zero attached hydrogens (tertiary/aromatic N) is 1. The maximum absolute atomic E-state index is 12.3. The number of hydrogen-bond donors (Lipinski definition) is 1. The molecule has 0 spiro atoms. The Morgan fingerprint density at radius 3 is 2.32 bits per heavy atom. The monoisotopic (exact) mass is 350 g/mol.